The van der Waals surface area contributed by atoms with Crippen LogP contribution in [0.1, 0.15) is 87.1 Å². The van der Waals surface area contributed by atoms with Crippen molar-refractivity contribution >= 4 is 32.0 Å². The van der Waals surface area contributed by atoms with Crippen molar-refractivity contribution < 1.29 is 18.9 Å². The van der Waals surface area contributed by atoms with Gasteiger partial charge in [-0.1, -0.05) is 67.6 Å². The van der Waals surface area contributed by atoms with Crippen LogP contribution < -0.4 is 16.1 Å². The summed E-state index contributed by atoms with van der Waals surface area (Å²) in [5, 5.41) is 15.9. The number of halogens is 1. The van der Waals surface area contributed by atoms with E-state index in [0.29, 0.717) is 42.1 Å². The van der Waals surface area contributed by atoms with Gasteiger partial charge in [0, 0.05) is 13.1 Å². The monoisotopic (exact) mass is 474 g/mol. The second-order valence-electron chi connectivity index (χ2n) is 11.4. The maximum atomic E-state index is 14.1. The number of hydrogen-bond donors (Lipinski definition) is 3. The number of rotatable bonds is 6. The Kier molecular flexibility index (Phi) is 11.2. The molecule has 3 N–H and O–H groups in total. The summed E-state index contributed by atoms with van der Waals surface area (Å²) < 4.78 is 19.2. The highest BCUT2D eigenvalue weighted by Crippen LogP contribution is 2.56. The zero-order valence-corrected chi connectivity index (χ0v) is 22.8. The minimum atomic E-state index is -0.987. The summed E-state index contributed by atoms with van der Waals surface area (Å²) in [5.74, 6) is 0.376. The van der Waals surface area contributed by atoms with E-state index in [2.05, 4.69) is 38.3 Å². The molecule has 1 aromatic rings. The van der Waals surface area contributed by atoms with Crippen LogP contribution in [0.3, 0.4) is 0 Å². The van der Waals surface area contributed by atoms with Gasteiger partial charge < -0.3 is 20.3 Å². The van der Waals surface area contributed by atoms with Crippen molar-refractivity contribution in [3.05, 3.63) is 23.5 Å². The van der Waals surface area contributed by atoms with E-state index >= 15 is 0 Å². The molecule has 1 aliphatic carbocycles. The van der Waals surface area contributed by atoms with Gasteiger partial charge in [-0.2, -0.15) is 0 Å². The molecule has 1 aromatic carbocycles. The molecule has 8 heteroatoms. The molecule has 2 radical (unpaired) electrons. The summed E-state index contributed by atoms with van der Waals surface area (Å²) in [4.78, 5) is 12.8. The third-order valence-electron chi connectivity index (χ3n) is 6.11. The lowest BCUT2D eigenvalue weighted by molar-refractivity contribution is -0.151. The Hall–Kier alpha value is -1.53. The van der Waals surface area contributed by atoms with Crippen LogP contribution in [0.4, 0.5) is 10.1 Å². The summed E-state index contributed by atoms with van der Waals surface area (Å²) in [5.41, 5.74) is 1.31. The van der Waals surface area contributed by atoms with Crippen molar-refractivity contribution in [3.63, 3.8) is 0 Å². The van der Waals surface area contributed by atoms with E-state index in [1.54, 1.807) is 6.07 Å². The van der Waals surface area contributed by atoms with Crippen molar-refractivity contribution in [2.24, 2.45) is 16.7 Å². The first-order valence-corrected chi connectivity index (χ1v) is 12.6. The fourth-order valence-corrected chi connectivity index (χ4v) is 4.33. The maximum absolute atomic E-state index is 14.1. The quantitative estimate of drug-likeness (QED) is 0.409. The van der Waals surface area contributed by atoms with Gasteiger partial charge in [-0.3, -0.25) is 4.79 Å². The van der Waals surface area contributed by atoms with Gasteiger partial charge in [0.2, 0.25) is 5.91 Å². The van der Waals surface area contributed by atoms with E-state index in [-0.39, 0.29) is 34.5 Å². The average molecular weight is 474 g/mol. The molecule has 0 aromatic heterocycles. The van der Waals surface area contributed by atoms with E-state index in [9.17, 15) is 14.2 Å². The Labute approximate surface area is 208 Å². The summed E-state index contributed by atoms with van der Waals surface area (Å²) in [6.07, 6.45) is 2.56. The van der Waals surface area contributed by atoms with Crippen LogP contribution in [0.2, 0.25) is 5.31 Å². The Balaban J connectivity index is 0.000000733. The molecule has 34 heavy (non-hydrogen) atoms. The number of hydrogen-bond acceptors (Lipinski definition) is 4. The fraction of sp³-hybridized carbons (Fsp3) is 0.731. The summed E-state index contributed by atoms with van der Waals surface area (Å²) >= 11 is 0. The van der Waals surface area contributed by atoms with Gasteiger partial charge in [0.1, 0.15) is 5.82 Å². The molecule has 190 valence electrons. The predicted molar refractivity (Wildman–Crippen MR) is 142 cm³/mol. The van der Waals surface area contributed by atoms with Gasteiger partial charge in [0.15, 0.2) is 0 Å². The van der Waals surface area contributed by atoms with Crippen molar-refractivity contribution in [1.29, 1.82) is 0 Å². The molecule has 0 atom stereocenters. The highest BCUT2D eigenvalue weighted by molar-refractivity contribution is 6.61. The van der Waals surface area contributed by atoms with Crippen molar-refractivity contribution in [2.75, 3.05) is 18.4 Å². The number of carbonyl (C=O) groups excluding carboxylic acids is 1. The first kappa shape index (κ1) is 30.5. The van der Waals surface area contributed by atoms with Crippen LogP contribution in [-0.2, 0) is 16.1 Å². The van der Waals surface area contributed by atoms with Crippen molar-refractivity contribution in [1.82, 2.24) is 5.32 Å². The average Bonchev–Trinajstić information content (AvgIpc) is 3.04. The van der Waals surface area contributed by atoms with Gasteiger partial charge in [-0.15, -0.1) is 0 Å². The summed E-state index contributed by atoms with van der Waals surface area (Å²) in [6, 6.07) is 3.01. The van der Waals surface area contributed by atoms with E-state index in [0.717, 1.165) is 12.8 Å². The normalized spacial score (nSPS) is 21.3. The van der Waals surface area contributed by atoms with Crippen LogP contribution in [0.15, 0.2) is 12.1 Å². The van der Waals surface area contributed by atoms with Crippen LogP contribution in [0.25, 0.3) is 0 Å². The smallest absolute Gasteiger partial charge is 0.423 e. The second kappa shape index (κ2) is 12.4. The lowest BCUT2D eigenvalue weighted by atomic mass is 9.51. The summed E-state index contributed by atoms with van der Waals surface area (Å²) in [7, 11) is 4.37. The molecule has 0 saturated heterocycles. The zero-order valence-electron chi connectivity index (χ0n) is 22.8. The van der Waals surface area contributed by atoms with E-state index in [1.807, 2.05) is 34.6 Å². The minimum absolute atomic E-state index is 0. The fourth-order valence-electron chi connectivity index (χ4n) is 4.33. The van der Waals surface area contributed by atoms with E-state index in [4.69, 9.17) is 12.5 Å². The lowest BCUT2D eigenvalue weighted by Crippen LogP contribution is -2.56. The van der Waals surface area contributed by atoms with Crippen LogP contribution in [-0.4, -0.2) is 39.0 Å². The lowest BCUT2D eigenvalue weighted by Gasteiger charge is -2.53. The molecule has 2 aliphatic rings. The van der Waals surface area contributed by atoms with Gasteiger partial charge in [-0.05, 0) is 53.8 Å². The minimum Gasteiger partial charge on any atom is -0.423 e. The van der Waals surface area contributed by atoms with Crippen molar-refractivity contribution in [3.8, 4) is 0 Å². The number of fused-ring (bicyclic) bond motifs is 1. The first-order valence-electron chi connectivity index (χ1n) is 12.6. The molecule has 1 aliphatic heterocycles. The molecule has 5 nitrogen and oxygen atoms in total. The number of anilines is 1. The molecule has 1 fully saturated rings. The van der Waals surface area contributed by atoms with Gasteiger partial charge in [0.25, 0.3) is 0 Å². The zero-order chi connectivity index (χ0) is 26.3. The molecule has 0 unspecified atom stereocenters. The number of nitrogens with one attached hydrogen (secondary N) is 2. The van der Waals surface area contributed by atoms with Crippen LogP contribution in [0.5, 0.6) is 0 Å². The molecule has 0 bridgehead atoms. The molecular weight excluding hydrogens is 429 g/mol. The largest absolute Gasteiger partial charge is 0.491 e. The summed E-state index contributed by atoms with van der Waals surface area (Å²) in [6.45, 7) is 19.8. The van der Waals surface area contributed by atoms with E-state index in [1.165, 1.54) is 6.07 Å². The van der Waals surface area contributed by atoms with Crippen LogP contribution >= 0.6 is 0 Å². The topological polar surface area (TPSA) is 70.6 Å². The first-order chi connectivity index (χ1) is 15.6. The molecule has 1 heterocycles. The Morgan fingerprint density at radius 1 is 1.21 bits per heavy atom. The predicted octanol–water partition coefficient (Wildman–Crippen LogP) is 4.82. The molecule has 0 spiro atoms. The van der Waals surface area contributed by atoms with E-state index < -0.39 is 7.12 Å². The highest BCUT2D eigenvalue weighted by atomic mass is 19.1. The number of carbonyl (C=O) groups is 1. The van der Waals surface area contributed by atoms with Crippen LogP contribution in [0, 0.1) is 22.6 Å². The maximum Gasteiger partial charge on any atom is 0.491 e. The van der Waals surface area contributed by atoms with Crippen molar-refractivity contribution in [2.45, 2.75) is 93.5 Å². The van der Waals surface area contributed by atoms with Gasteiger partial charge in [0.05, 0.1) is 25.6 Å². The van der Waals surface area contributed by atoms with Gasteiger partial charge >= 0.3 is 7.12 Å². The molecule has 3 rings (SSSR count). The van der Waals surface area contributed by atoms with Gasteiger partial charge in [-0.25, -0.2) is 4.39 Å². The third kappa shape index (κ3) is 8.30. The number of benzene rings is 1. The molecule has 1 amide bonds. The standard InChI is InChI=1S/C20H30BFN2O3.C4H9B.C2H6/c1-13-10-20(11-13,19(2,3)4)18(25)24-7-5-6-23-17-9-15-14(8-16(17)22)12-27-21(15)26;1-4(2,3)5;1-2/h8-9,13,23,26H,5-7,10-12H2,1-4H3,(H,24,25);1-3H3;1-2H3. The Bertz CT molecular complexity index is 794. The molecular formula is C26H45B2FN2O3. The highest BCUT2D eigenvalue weighted by Gasteiger charge is 2.55. The third-order valence-corrected chi connectivity index (χ3v) is 6.11. The second-order valence-corrected chi connectivity index (χ2v) is 11.4. The SMILES string of the molecule is CC.CC1CC(C(=O)NCCCNc2cc3c(cc2F)COB3O)(C(C)(C)C)C1.[B]C(C)(C)C. The number of amides is 1. The Morgan fingerprint density at radius 2 is 1.76 bits per heavy atom. The molecule has 1 saturated carbocycles. The Morgan fingerprint density at radius 3 is 2.26 bits per heavy atom.